The maximum absolute atomic E-state index is 12.8. The topological polar surface area (TPSA) is 78.9 Å². The highest BCUT2D eigenvalue weighted by Gasteiger charge is 2.19. The van der Waals surface area contributed by atoms with Gasteiger partial charge >= 0.3 is 17.9 Å². The number of esters is 3. The molecule has 0 saturated carbocycles. The molecular formula is C59H108O6. The molecule has 0 rings (SSSR count). The fraction of sp³-hybridized carbons (Fsp3) is 0.847. The Morgan fingerprint density at radius 3 is 0.923 bits per heavy atom. The number of allylic oxidation sites excluding steroid dienone is 6. The number of ether oxygens (including phenoxy) is 3. The highest BCUT2D eigenvalue weighted by molar-refractivity contribution is 5.71. The molecule has 0 unspecified atom stereocenters. The van der Waals surface area contributed by atoms with Gasteiger partial charge < -0.3 is 14.2 Å². The number of hydrogen-bond donors (Lipinski definition) is 0. The Labute approximate surface area is 404 Å². The van der Waals surface area contributed by atoms with Gasteiger partial charge in [-0.05, 0) is 51.4 Å². The van der Waals surface area contributed by atoms with E-state index in [0.29, 0.717) is 25.7 Å². The van der Waals surface area contributed by atoms with Crippen molar-refractivity contribution in [1.29, 1.82) is 0 Å². The third-order valence-electron chi connectivity index (χ3n) is 12.6. The minimum absolute atomic E-state index is 0.0829. The Bertz CT molecular complexity index is 1090. The molecule has 380 valence electrons. The normalized spacial score (nSPS) is 12.2. The molecule has 0 aliphatic rings. The zero-order chi connectivity index (χ0) is 47.2. The first-order valence-electron chi connectivity index (χ1n) is 28.5. The summed E-state index contributed by atoms with van der Waals surface area (Å²) in [4.78, 5) is 38.0. The van der Waals surface area contributed by atoms with Crippen LogP contribution >= 0.6 is 0 Å². The summed E-state index contributed by atoms with van der Waals surface area (Å²) in [6, 6.07) is 0. The maximum atomic E-state index is 12.8. The lowest BCUT2D eigenvalue weighted by Crippen LogP contribution is -2.30. The lowest BCUT2D eigenvalue weighted by molar-refractivity contribution is -0.167. The van der Waals surface area contributed by atoms with Crippen LogP contribution < -0.4 is 0 Å². The number of carbonyl (C=O) groups is 3. The van der Waals surface area contributed by atoms with E-state index in [4.69, 9.17) is 14.2 Å². The molecule has 0 amide bonds. The molecule has 0 aromatic heterocycles. The molecule has 0 aromatic rings. The largest absolute Gasteiger partial charge is 0.462 e. The van der Waals surface area contributed by atoms with Crippen molar-refractivity contribution in [3.05, 3.63) is 36.5 Å². The maximum Gasteiger partial charge on any atom is 0.306 e. The monoisotopic (exact) mass is 913 g/mol. The highest BCUT2D eigenvalue weighted by Crippen LogP contribution is 2.17. The van der Waals surface area contributed by atoms with Gasteiger partial charge in [0.2, 0.25) is 0 Å². The van der Waals surface area contributed by atoms with Crippen molar-refractivity contribution in [1.82, 2.24) is 0 Å². The lowest BCUT2D eigenvalue weighted by Gasteiger charge is -2.18. The number of unbranched alkanes of at least 4 members (excludes halogenated alkanes) is 35. The summed E-state index contributed by atoms with van der Waals surface area (Å²) in [5, 5.41) is 0. The SMILES string of the molecule is CCCCCCCC/C=C\C/C=C\C/C=C\CCCC(=O)OC[C@H](COC(=O)CCCCCCCCCCCCCCCCCCCCC)OC(=O)CCCCCCCCCCCCC. The lowest BCUT2D eigenvalue weighted by atomic mass is 10.0. The van der Waals surface area contributed by atoms with Crippen LogP contribution in [0.3, 0.4) is 0 Å². The first kappa shape index (κ1) is 62.6. The van der Waals surface area contributed by atoms with Crippen molar-refractivity contribution in [3.8, 4) is 0 Å². The zero-order valence-corrected chi connectivity index (χ0v) is 43.5. The molecule has 0 aliphatic carbocycles. The van der Waals surface area contributed by atoms with Crippen molar-refractivity contribution in [3.63, 3.8) is 0 Å². The van der Waals surface area contributed by atoms with Crippen LogP contribution in [0.1, 0.15) is 303 Å². The van der Waals surface area contributed by atoms with Crippen molar-refractivity contribution in [2.45, 2.75) is 309 Å². The van der Waals surface area contributed by atoms with E-state index < -0.39 is 6.10 Å². The van der Waals surface area contributed by atoms with Crippen LogP contribution in [0.5, 0.6) is 0 Å². The quantitative estimate of drug-likeness (QED) is 0.0262. The first-order valence-corrected chi connectivity index (χ1v) is 28.5. The van der Waals surface area contributed by atoms with E-state index in [-0.39, 0.29) is 31.1 Å². The fourth-order valence-electron chi connectivity index (χ4n) is 8.34. The predicted octanol–water partition coefficient (Wildman–Crippen LogP) is 18.9. The number of carbonyl (C=O) groups excluding carboxylic acids is 3. The Hall–Kier alpha value is -2.37. The zero-order valence-electron chi connectivity index (χ0n) is 43.5. The summed E-state index contributed by atoms with van der Waals surface area (Å²) < 4.78 is 16.8. The van der Waals surface area contributed by atoms with Gasteiger partial charge in [-0.2, -0.15) is 0 Å². The molecule has 0 saturated heterocycles. The third kappa shape index (κ3) is 52.5. The van der Waals surface area contributed by atoms with Gasteiger partial charge in [0.15, 0.2) is 6.10 Å². The van der Waals surface area contributed by atoms with E-state index in [2.05, 4.69) is 57.2 Å². The second-order valence-corrected chi connectivity index (χ2v) is 19.2. The molecule has 6 heteroatoms. The van der Waals surface area contributed by atoms with E-state index in [0.717, 1.165) is 57.8 Å². The average Bonchev–Trinajstić information content (AvgIpc) is 3.30. The fourth-order valence-corrected chi connectivity index (χ4v) is 8.34. The van der Waals surface area contributed by atoms with Crippen LogP contribution in [-0.4, -0.2) is 37.2 Å². The van der Waals surface area contributed by atoms with Crippen molar-refractivity contribution in [2.24, 2.45) is 0 Å². The van der Waals surface area contributed by atoms with Crippen molar-refractivity contribution < 1.29 is 28.6 Å². The summed E-state index contributed by atoms with van der Waals surface area (Å²) in [5.41, 5.74) is 0. The number of rotatable bonds is 52. The molecular weight excluding hydrogens is 805 g/mol. The molecule has 0 heterocycles. The molecule has 1 atom stereocenters. The van der Waals surface area contributed by atoms with Crippen LogP contribution in [0.4, 0.5) is 0 Å². The van der Waals surface area contributed by atoms with Gasteiger partial charge in [-0.1, -0.05) is 269 Å². The van der Waals surface area contributed by atoms with Gasteiger partial charge in [-0.15, -0.1) is 0 Å². The van der Waals surface area contributed by atoms with E-state index >= 15 is 0 Å². The van der Waals surface area contributed by atoms with Gasteiger partial charge in [-0.25, -0.2) is 0 Å². The summed E-state index contributed by atoms with van der Waals surface area (Å²) >= 11 is 0. The Morgan fingerprint density at radius 1 is 0.308 bits per heavy atom. The molecule has 0 radical (unpaired) electrons. The van der Waals surface area contributed by atoms with Crippen LogP contribution in [0.25, 0.3) is 0 Å². The molecule has 65 heavy (non-hydrogen) atoms. The van der Waals surface area contributed by atoms with Gasteiger partial charge in [0.25, 0.3) is 0 Å². The second-order valence-electron chi connectivity index (χ2n) is 19.2. The summed E-state index contributed by atoms with van der Waals surface area (Å²) in [5.74, 6) is -0.922. The molecule has 0 fully saturated rings. The third-order valence-corrected chi connectivity index (χ3v) is 12.6. The summed E-state index contributed by atoms with van der Waals surface area (Å²) in [7, 11) is 0. The van der Waals surface area contributed by atoms with E-state index in [1.807, 2.05) is 0 Å². The van der Waals surface area contributed by atoms with Gasteiger partial charge in [-0.3, -0.25) is 14.4 Å². The van der Waals surface area contributed by atoms with Crippen LogP contribution in [-0.2, 0) is 28.6 Å². The first-order chi connectivity index (χ1) is 32.0. The Balaban J connectivity index is 4.33. The minimum Gasteiger partial charge on any atom is -0.462 e. The predicted molar refractivity (Wildman–Crippen MR) is 279 cm³/mol. The van der Waals surface area contributed by atoms with Gasteiger partial charge in [0.05, 0.1) is 0 Å². The molecule has 0 N–H and O–H groups in total. The van der Waals surface area contributed by atoms with E-state index in [1.165, 1.54) is 199 Å². The minimum atomic E-state index is -0.787. The van der Waals surface area contributed by atoms with Crippen LogP contribution in [0.15, 0.2) is 36.5 Å². The Morgan fingerprint density at radius 2 is 0.569 bits per heavy atom. The smallest absolute Gasteiger partial charge is 0.306 e. The van der Waals surface area contributed by atoms with Crippen molar-refractivity contribution in [2.75, 3.05) is 13.2 Å². The molecule has 6 nitrogen and oxygen atoms in total. The molecule has 0 bridgehead atoms. The van der Waals surface area contributed by atoms with E-state index in [1.54, 1.807) is 0 Å². The Kier molecular flexibility index (Phi) is 52.3. The van der Waals surface area contributed by atoms with Crippen LogP contribution in [0, 0.1) is 0 Å². The molecule has 0 spiro atoms. The molecule has 0 aromatic carbocycles. The summed E-state index contributed by atoms with van der Waals surface area (Å²) in [6.07, 6.45) is 64.3. The number of hydrogen-bond acceptors (Lipinski definition) is 6. The standard InChI is InChI=1S/C59H108O6/c1-4-7-10-13-16-19-22-24-26-28-29-31-33-35-38-40-43-46-49-52-58(61)64-55-56(65-59(62)53-50-47-44-41-36-21-18-15-12-9-6-3)54-63-57(60)51-48-45-42-39-37-34-32-30-27-25-23-20-17-14-11-8-5-2/h25,27,32,34,39,42,56H,4-24,26,28-31,33,35-38,40-41,43-55H2,1-3H3/b27-25-,34-32-,42-39-/t56-/m1/s1. The van der Waals surface area contributed by atoms with Crippen LogP contribution in [0.2, 0.25) is 0 Å². The average molecular weight is 914 g/mol. The summed E-state index contributed by atoms with van der Waals surface area (Å²) in [6.45, 7) is 6.62. The van der Waals surface area contributed by atoms with E-state index in [9.17, 15) is 14.4 Å². The molecule has 0 aliphatic heterocycles. The van der Waals surface area contributed by atoms with Crippen molar-refractivity contribution >= 4 is 17.9 Å². The second kappa shape index (κ2) is 54.2. The highest BCUT2D eigenvalue weighted by atomic mass is 16.6. The van der Waals surface area contributed by atoms with Gasteiger partial charge in [0.1, 0.15) is 13.2 Å². The van der Waals surface area contributed by atoms with Gasteiger partial charge in [0, 0.05) is 19.3 Å².